The molecule has 3 heterocycles. The molecule has 14 aromatic rings. The van der Waals surface area contributed by atoms with Gasteiger partial charge in [0.2, 0.25) is 0 Å². The molecule has 11 aromatic carbocycles. The van der Waals surface area contributed by atoms with E-state index in [-0.39, 0.29) is 16.2 Å². The molecule has 0 bridgehead atoms. The van der Waals surface area contributed by atoms with E-state index in [0.717, 1.165) is 111 Å². The van der Waals surface area contributed by atoms with E-state index in [1.807, 2.05) is 16.9 Å². The van der Waals surface area contributed by atoms with Gasteiger partial charge in [-0.1, -0.05) is 250 Å². The first-order valence-electron chi connectivity index (χ1n) is 31.5. The fourth-order valence-corrected chi connectivity index (χ4v) is 12.5. The normalized spacial score (nSPS) is 12.0. The third kappa shape index (κ3) is 11.7. The van der Waals surface area contributed by atoms with E-state index < -0.39 is 0 Å². The van der Waals surface area contributed by atoms with Crippen LogP contribution in [0.1, 0.15) is 79.0 Å². The highest BCUT2D eigenvalue weighted by molar-refractivity contribution is 6.09. The number of hydrogen-bond acceptors (Lipinski definition) is 3. The number of aromatic nitrogens is 5. The van der Waals surface area contributed by atoms with Gasteiger partial charge in [-0.05, 0) is 179 Å². The zero-order valence-corrected chi connectivity index (χ0v) is 53.2. The van der Waals surface area contributed by atoms with E-state index in [9.17, 15) is 0 Å². The minimum atomic E-state index is -0.155. The highest BCUT2D eigenvalue weighted by Crippen LogP contribution is 2.45. The van der Waals surface area contributed by atoms with Crippen molar-refractivity contribution in [3.8, 4) is 107 Å². The van der Waals surface area contributed by atoms with Crippen LogP contribution in [0.4, 0.5) is 0 Å². The summed E-state index contributed by atoms with van der Waals surface area (Å²) in [6.07, 6.45) is 5.83. The van der Waals surface area contributed by atoms with E-state index in [2.05, 4.69) is 345 Å². The van der Waals surface area contributed by atoms with Crippen LogP contribution < -0.4 is 9.42 Å². The van der Waals surface area contributed by atoms with Gasteiger partial charge < -0.3 is 4.74 Å². The minimum Gasteiger partial charge on any atom is -0.458 e. The Kier molecular flexibility index (Phi) is 14.9. The Hall–Kier alpha value is -10.7. The van der Waals surface area contributed by atoms with Gasteiger partial charge >= 0.3 is 0 Å². The average Bonchev–Trinajstić information content (AvgIpc) is 1.71. The van der Waals surface area contributed by atoms with Crippen molar-refractivity contribution in [2.45, 2.75) is 78.6 Å². The molecule has 14 rings (SSSR count). The SMILES string of the molecule is CC(C)(C)c1cc(-[n+]2[c-]n(-c3cccc(Oc4ccc5c6ccccc6n(-c6cc(C(C)(C)C)ccn6)c5c4)c3)c(-c3c(-c4cc(-c5ccccc5)cc(-c5ccccc5)c4)cccc3-c3cc(-c4ccccc4)cc(-c4ccccc4)c3)n2)cc(C(C)(C)C)c1. The number of para-hydroxylation sites is 1. The molecule has 0 aliphatic carbocycles. The lowest BCUT2D eigenvalue weighted by atomic mass is 9.80. The van der Waals surface area contributed by atoms with Gasteiger partial charge in [0.15, 0.2) is 5.82 Å². The molecule has 6 heteroatoms. The maximum Gasteiger partial charge on any atom is 0.273 e. The standard InChI is InChI=1S/C85H73N5O/c1-83(2,3)67-42-43-86-80(53-67)90-78-39-23-22-36-76(78)77-41-40-73(55-79(77)90)91-72-35-24-34-70(54-72)88-56-89(71-51-68(84(4,5)6)50-69(52-71)85(7,8)9)87-82(88)81-74(65-46-61(57-26-14-10-15-27-57)44-62(47-65)58-28-16-11-17-29-58)37-25-38-75(81)66-48-63(59-30-18-12-19-31-59)45-64(49-66)60-32-20-13-21-33-60/h10-55H,1-9H3. The van der Waals surface area contributed by atoms with Crippen LogP contribution in [0, 0.1) is 6.33 Å². The Morgan fingerprint density at radius 2 is 0.824 bits per heavy atom. The Morgan fingerprint density at radius 3 is 1.34 bits per heavy atom. The summed E-state index contributed by atoms with van der Waals surface area (Å²) in [5, 5.41) is 8.14. The van der Waals surface area contributed by atoms with E-state index in [0.29, 0.717) is 17.3 Å². The molecule has 91 heavy (non-hydrogen) atoms. The van der Waals surface area contributed by atoms with Crippen molar-refractivity contribution in [3.63, 3.8) is 0 Å². The van der Waals surface area contributed by atoms with Gasteiger partial charge in [0.05, 0.1) is 22.4 Å². The Morgan fingerprint density at radius 1 is 0.363 bits per heavy atom. The van der Waals surface area contributed by atoms with E-state index >= 15 is 0 Å². The molecule has 444 valence electrons. The van der Waals surface area contributed by atoms with Crippen molar-refractivity contribution >= 4 is 21.8 Å². The van der Waals surface area contributed by atoms with E-state index in [4.69, 9.17) is 14.8 Å². The lowest BCUT2D eigenvalue weighted by Crippen LogP contribution is -2.34. The summed E-state index contributed by atoms with van der Waals surface area (Å²) in [7, 11) is 0. The number of nitrogens with zero attached hydrogens (tertiary/aromatic N) is 5. The molecule has 0 saturated carbocycles. The van der Waals surface area contributed by atoms with Crippen LogP contribution in [0.15, 0.2) is 279 Å². The average molecular weight is 1180 g/mol. The van der Waals surface area contributed by atoms with E-state index in [1.54, 1.807) is 0 Å². The van der Waals surface area contributed by atoms with Gasteiger partial charge in [0.25, 0.3) is 6.33 Å². The molecule has 0 saturated heterocycles. The minimum absolute atomic E-state index is 0.0598. The van der Waals surface area contributed by atoms with Gasteiger partial charge in [0.1, 0.15) is 17.3 Å². The molecule has 0 atom stereocenters. The van der Waals surface area contributed by atoms with Crippen LogP contribution in [0.5, 0.6) is 11.5 Å². The van der Waals surface area contributed by atoms with Crippen LogP contribution >= 0.6 is 0 Å². The smallest absolute Gasteiger partial charge is 0.273 e. The van der Waals surface area contributed by atoms with Crippen molar-refractivity contribution in [2.24, 2.45) is 0 Å². The summed E-state index contributed by atoms with van der Waals surface area (Å²) >= 11 is 0. The number of ether oxygens (including phenoxy) is 1. The van der Waals surface area contributed by atoms with Crippen LogP contribution in [0.3, 0.4) is 0 Å². The number of benzene rings is 11. The lowest BCUT2D eigenvalue weighted by molar-refractivity contribution is -0.660. The predicted octanol–water partition coefficient (Wildman–Crippen LogP) is 21.8. The molecule has 0 fully saturated rings. The molecule has 0 amide bonds. The van der Waals surface area contributed by atoms with Crippen molar-refractivity contribution in [2.75, 3.05) is 0 Å². The maximum absolute atomic E-state index is 7.08. The molecule has 0 radical (unpaired) electrons. The van der Waals surface area contributed by atoms with Crippen molar-refractivity contribution in [1.29, 1.82) is 0 Å². The Bertz CT molecular complexity index is 4710. The number of fused-ring (bicyclic) bond motifs is 3. The molecule has 0 unspecified atom stereocenters. The second kappa shape index (κ2) is 23.4. The Balaban J connectivity index is 1.02. The van der Waals surface area contributed by atoms with Gasteiger partial charge in [-0.3, -0.25) is 9.13 Å². The maximum atomic E-state index is 7.08. The molecule has 0 aliphatic heterocycles. The summed E-state index contributed by atoms with van der Waals surface area (Å²) in [4.78, 5) is 4.98. The highest BCUT2D eigenvalue weighted by Gasteiger charge is 2.27. The summed E-state index contributed by atoms with van der Waals surface area (Å²) in [6, 6.07) is 98.2. The zero-order valence-electron chi connectivity index (χ0n) is 53.2. The molecule has 0 spiro atoms. The topological polar surface area (TPSA) is 48.8 Å². The van der Waals surface area contributed by atoms with Gasteiger partial charge in [-0.15, -0.1) is 5.10 Å². The van der Waals surface area contributed by atoms with Crippen LogP contribution in [-0.4, -0.2) is 19.2 Å². The number of rotatable bonds is 12. The molecular formula is C85H73N5O. The molecule has 3 aromatic heterocycles. The monoisotopic (exact) mass is 1180 g/mol. The van der Waals surface area contributed by atoms with Gasteiger partial charge in [0, 0.05) is 28.6 Å². The second-order valence-corrected chi connectivity index (χ2v) is 27.0. The molecular weight excluding hydrogens is 1110 g/mol. The fourth-order valence-electron chi connectivity index (χ4n) is 12.5. The molecule has 0 aliphatic rings. The van der Waals surface area contributed by atoms with Crippen LogP contribution in [-0.2, 0) is 16.2 Å². The first kappa shape index (κ1) is 58.0. The first-order chi connectivity index (χ1) is 44.0. The Labute approximate surface area is 535 Å². The summed E-state index contributed by atoms with van der Waals surface area (Å²) in [5.74, 6) is 2.93. The molecule has 6 nitrogen and oxygen atoms in total. The van der Waals surface area contributed by atoms with Gasteiger partial charge in [-0.25, -0.2) is 4.98 Å². The highest BCUT2D eigenvalue weighted by atomic mass is 16.5. The number of hydrogen-bond donors (Lipinski definition) is 0. The summed E-state index contributed by atoms with van der Waals surface area (Å²) in [6.45, 7) is 20.4. The zero-order chi connectivity index (χ0) is 62.6. The quantitative estimate of drug-likeness (QED) is 0.0905. The van der Waals surface area contributed by atoms with Crippen LogP contribution in [0.2, 0.25) is 0 Å². The van der Waals surface area contributed by atoms with Crippen molar-refractivity contribution < 1.29 is 9.42 Å². The van der Waals surface area contributed by atoms with E-state index in [1.165, 1.54) is 16.7 Å². The second-order valence-electron chi connectivity index (χ2n) is 27.0. The van der Waals surface area contributed by atoms with Crippen molar-refractivity contribution in [1.82, 2.24) is 19.2 Å². The number of pyridine rings is 1. The largest absolute Gasteiger partial charge is 0.458 e. The van der Waals surface area contributed by atoms with Crippen molar-refractivity contribution in [3.05, 3.63) is 302 Å². The third-order valence-corrected chi connectivity index (χ3v) is 17.5. The first-order valence-corrected chi connectivity index (χ1v) is 31.5. The summed E-state index contributed by atoms with van der Waals surface area (Å²) < 4.78 is 13.4. The lowest BCUT2D eigenvalue weighted by Gasteiger charge is -2.26. The fraction of sp³-hybridized carbons (Fsp3) is 0.141. The predicted molar refractivity (Wildman–Crippen MR) is 377 cm³/mol. The third-order valence-electron chi connectivity index (χ3n) is 17.5. The molecule has 0 N–H and O–H groups in total. The van der Waals surface area contributed by atoms with Crippen LogP contribution in [0.25, 0.3) is 117 Å². The summed E-state index contributed by atoms with van der Waals surface area (Å²) in [5.41, 5.74) is 21.2. The van der Waals surface area contributed by atoms with Gasteiger partial charge in [-0.2, -0.15) is 4.68 Å².